The molecule has 0 fully saturated rings. The fraction of sp³-hybridized carbons (Fsp3) is 0.300. The summed E-state index contributed by atoms with van der Waals surface area (Å²) in [4.78, 5) is 8.09. The van der Waals surface area contributed by atoms with Crippen molar-refractivity contribution in [3.63, 3.8) is 0 Å². The first-order valence-corrected chi connectivity index (χ1v) is 5.18. The molecule has 0 spiro atoms. The van der Waals surface area contributed by atoms with Crippen LogP contribution in [0.1, 0.15) is 5.69 Å². The first-order valence-electron chi connectivity index (χ1n) is 5.18. The minimum absolute atomic E-state index is 0.215. The lowest BCUT2D eigenvalue weighted by Gasteiger charge is -2.05. The van der Waals surface area contributed by atoms with Gasteiger partial charge in [0.25, 0.3) is 0 Å². The first-order chi connectivity index (χ1) is 8.08. The van der Waals surface area contributed by atoms with Crippen molar-refractivity contribution in [2.24, 2.45) is 7.05 Å². The molecule has 0 amide bonds. The van der Waals surface area contributed by atoms with Crippen LogP contribution in [0.2, 0.25) is 0 Å². The highest BCUT2D eigenvalue weighted by atomic mass is 15.3. The quantitative estimate of drug-likeness (QED) is 0.728. The van der Waals surface area contributed by atoms with Crippen LogP contribution in [0.15, 0.2) is 12.1 Å². The van der Waals surface area contributed by atoms with Gasteiger partial charge in [0.2, 0.25) is 5.95 Å². The molecule has 2 rings (SSSR count). The molecule has 90 valence electrons. The fourth-order valence-electron chi connectivity index (χ4n) is 1.41. The number of aryl methyl sites for hydroxylation is 2. The predicted octanol–water partition coefficient (Wildman–Crippen LogP) is 0.886. The van der Waals surface area contributed by atoms with E-state index in [0.717, 1.165) is 11.5 Å². The van der Waals surface area contributed by atoms with Gasteiger partial charge in [0.05, 0.1) is 0 Å². The summed E-state index contributed by atoms with van der Waals surface area (Å²) in [6, 6.07) is 3.69. The van der Waals surface area contributed by atoms with Crippen LogP contribution in [0, 0.1) is 6.92 Å². The second-order valence-corrected chi connectivity index (χ2v) is 3.67. The molecule has 2 aromatic heterocycles. The molecule has 0 aliphatic heterocycles. The molecular formula is C10H15N7. The van der Waals surface area contributed by atoms with Crippen LogP contribution < -0.4 is 16.4 Å². The van der Waals surface area contributed by atoms with Crippen LogP contribution in [0.5, 0.6) is 0 Å². The molecule has 0 saturated carbocycles. The van der Waals surface area contributed by atoms with Crippen LogP contribution >= 0.6 is 0 Å². The normalized spacial score (nSPS) is 10.3. The van der Waals surface area contributed by atoms with Crippen LogP contribution in [0.25, 0.3) is 0 Å². The Morgan fingerprint density at radius 3 is 2.47 bits per heavy atom. The molecular weight excluding hydrogens is 218 g/mol. The number of nitrogens with zero attached hydrogens (tertiary/aromatic N) is 4. The molecule has 0 atom stereocenters. The summed E-state index contributed by atoms with van der Waals surface area (Å²) >= 11 is 0. The number of aromatic nitrogens is 4. The second kappa shape index (κ2) is 4.28. The monoisotopic (exact) mass is 233 g/mol. The average Bonchev–Trinajstić information content (AvgIpc) is 2.57. The lowest BCUT2D eigenvalue weighted by Crippen LogP contribution is -2.03. The predicted molar refractivity (Wildman–Crippen MR) is 67.2 cm³/mol. The molecule has 0 aliphatic rings. The van der Waals surface area contributed by atoms with Crippen molar-refractivity contribution >= 4 is 23.4 Å². The Kier molecular flexibility index (Phi) is 2.82. The van der Waals surface area contributed by atoms with Crippen LogP contribution in [0.4, 0.5) is 23.4 Å². The van der Waals surface area contributed by atoms with E-state index in [4.69, 9.17) is 5.73 Å². The summed E-state index contributed by atoms with van der Waals surface area (Å²) in [7, 11) is 3.66. The Morgan fingerprint density at radius 2 is 1.88 bits per heavy atom. The van der Waals surface area contributed by atoms with E-state index in [2.05, 4.69) is 25.7 Å². The van der Waals surface area contributed by atoms with Crippen molar-refractivity contribution in [1.29, 1.82) is 0 Å². The highest BCUT2D eigenvalue weighted by molar-refractivity contribution is 5.58. The summed E-state index contributed by atoms with van der Waals surface area (Å²) in [5.74, 6) is 2.21. The standard InChI is InChI=1S/C10H15N7/c1-6-4-9(16-17(6)3)13-8-5-7(12-2)14-10(11)15-8/h4-5H,1-3H3,(H4,11,12,13,14,15,16). The maximum Gasteiger partial charge on any atom is 0.223 e. The zero-order valence-corrected chi connectivity index (χ0v) is 10.0. The smallest absolute Gasteiger partial charge is 0.223 e. The van der Waals surface area contributed by atoms with Gasteiger partial charge in [-0.2, -0.15) is 15.1 Å². The number of nitrogens with one attached hydrogen (secondary N) is 2. The van der Waals surface area contributed by atoms with Crippen LogP contribution in [0.3, 0.4) is 0 Å². The Bertz CT molecular complexity index is 512. The highest BCUT2D eigenvalue weighted by Crippen LogP contribution is 2.17. The molecule has 0 bridgehead atoms. The van der Waals surface area contributed by atoms with Crippen molar-refractivity contribution in [1.82, 2.24) is 19.7 Å². The van der Waals surface area contributed by atoms with E-state index < -0.39 is 0 Å². The van der Waals surface area contributed by atoms with Crippen molar-refractivity contribution in [2.45, 2.75) is 6.92 Å². The Labute approximate surface area is 99.1 Å². The number of hydrogen-bond acceptors (Lipinski definition) is 6. The van der Waals surface area contributed by atoms with Gasteiger partial charge in [-0.05, 0) is 6.92 Å². The van der Waals surface area contributed by atoms with Crippen molar-refractivity contribution < 1.29 is 0 Å². The Balaban J connectivity index is 2.26. The molecule has 0 saturated heterocycles. The molecule has 7 nitrogen and oxygen atoms in total. The molecule has 2 aromatic rings. The van der Waals surface area contributed by atoms with E-state index in [1.807, 2.05) is 20.0 Å². The summed E-state index contributed by atoms with van der Waals surface area (Å²) in [5.41, 5.74) is 6.65. The average molecular weight is 233 g/mol. The minimum atomic E-state index is 0.215. The van der Waals surface area contributed by atoms with Crippen LogP contribution in [-0.2, 0) is 7.05 Å². The largest absolute Gasteiger partial charge is 0.373 e. The van der Waals surface area contributed by atoms with Crippen molar-refractivity contribution in [3.8, 4) is 0 Å². The van der Waals surface area contributed by atoms with Gasteiger partial charge in [-0.3, -0.25) is 4.68 Å². The lowest BCUT2D eigenvalue weighted by molar-refractivity contribution is 0.743. The van der Waals surface area contributed by atoms with Gasteiger partial charge >= 0.3 is 0 Å². The van der Waals surface area contributed by atoms with E-state index in [9.17, 15) is 0 Å². The van der Waals surface area contributed by atoms with E-state index in [1.165, 1.54) is 0 Å². The maximum atomic E-state index is 5.60. The number of nitrogens with two attached hydrogens (primary N) is 1. The van der Waals surface area contributed by atoms with Gasteiger partial charge in [-0.25, -0.2) is 0 Å². The van der Waals surface area contributed by atoms with Gasteiger partial charge in [0, 0.05) is 31.9 Å². The van der Waals surface area contributed by atoms with Crippen molar-refractivity contribution in [3.05, 3.63) is 17.8 Å². The minimum Gasteiger partial charge on any atom is -0.373 e. The molecule has 0 aliphatic carbocycles. The zero-order valence-electron chi connectivity index (χ0n) is 10.0. The molecule has 0 unspecified atom stereocenters. The number of anilines is 4. The van der Waals surface area contributed by atoms with E-state index in [0.29, 0.717) is 11.6 Å². The molecule has 0 radical (unpaired) electrons. The fourth-order valence-corrected chi connectivity index (χ4v) is 1.41. The third-order valence-electron chi connectivity index (χ3n) is 2.37. The topological polar surface area (TPSA) is 93.7 Å². The third kappa shape index (κ3) is 2.44. The third-order valence-corrected chi connectivity index (χ3v) is 2.37. The summed E-state index contributed by atoms with van der Waals surface area (Å²) in [6.07, 6.45) is 0. The molecule has 0 aromatic carbocycles. The van der Waals surface area contributed by atoms with E-state index >= 15 is 0 Å². The second-order valence-electron chi connectivity index (χ2n) is 3.67. The van der Waals surface area contributed by atoms with Gasteiger partial charge in [0.1, 0.15) is 11.6 Å². The van der Waals surface area contributed by atoms with Gasteiger partial charge in [-0.15, -0.1) is 0 Å². The Morgan fingerprint density at radius 1 is 1.18 bits per heavy atom. The maximum absolute atomic E-state index is 5.60. The lowest BCUT2D eigenvalue weighted by atomic mass is 10.4. The van der Waals surface area contributed by atoms with Crippen molar-refractivity contribution in [2.75, 3.05) is 23.4 Å². The highest BCUT2D eigenvalue weighted by Gasteiger charge is 2.05. The molecule has 4 N–H and O–H groups in total. The summed E-state index contributed by atoms with van der Waals surface area (Å²) in [5, 5.41) is 10.3. The number of hydrogen-bond donors (Lipinski definition) is 3. The summed E-state index contributed by atoms with van der Waals surface area (Å²) < 4.78 is 1.78. The molecule has 17 heavy (non-hydrogen) atoms. The zero-order chi connectivity index (χ0) is 12.4. The van der Waals surface area contributed by atoms with Crippen LogP contribution in [-0.4, -0.2) is 26.8 Å². The van der Waals surface area contributed by atoms with E-state index in [-0.39, 0.29) is 5.95 Å². The number of rotatable bonds is 3. The SMILES string of the molecule is CNc1cc(Nc2cc(C)n(C)n2)nc(N)n1. The first kappa shape index (κ1) is 11.2. The molecule has 7 heteroatoms. The summed E-state index contributed by atoms with van der Waals surface area (Å²) in [6.45, 7) is 1.98. The van der Waals surface area contributed by atoms with Gasteiger partial charge < -0.3 is 16.4 Å². The van der Waals surface area contributed by atoms with Gasteiger partial charge in [-0.1, -0.05) is 0 Å². The molecule has 2 heterocycles. The van der Waals surface area contributed by atoms with E-state index in [1.54, 1.807) is 17.8 Å². The number of nitrogen functional groups attached to an aromatic ring is 1. The Hall–Kier alpha value is -2.31. The van der Waals surface area contributed by atoms with Gasteiger partial charge in [0.15, 0.2) is 5.82 Å².